The number of carbonyl (C=O) groups excluding carboxylic acids is 2. The van der Waals surface area contributed by atoms with E-state index in [4.69, 9.17) is 11.6 Å². The second-order valence-corrected chi connectivity index (χ2v) is 13.7. The fourth-order valence-corrected chi connectivity index (χ4v) is 9.30. The van der Waals surface area contributed by atoms with Crippen LogP contribution in [0.1, 0.15) is 67.3 Å². The Kier molecular flexibility index (Phi) is 8.21. The molecule has 0 spiro atoms. The molecule has 2 N–H and O–H groups in total. The van der Waals surface area contributed by atoms with Crippen molar-refractivity contribution >= 4 is 39.1 Å². The summed E-state index contributed by atoms with van der Waals surface area (Å²) in [5, 5.41) is 6.00. The van der Waals surface area contributed by atoms with E-state index in [1.165, 1.54) is 0 Å². The van der Waals surface area contributed by atoms with Crippen LogP contribution in [0.5, 0.6) is 0 Å². The monoisotopic (exact) mass is 590 g/mol. The molecule has 4 heterocycles. The molecule has 3 saturated heterocycles. The topological polar surface area (TPSA) is 98.8 Å². The van der Waals surface area contributed by atoms with Crippen LogP contribution in [0.15, 0.2) is 12.1 Å². The normalized spacial score (nSPS) is 26.5. The van der Waals surface area contributed by atoms with Crippen LogP contribution in [-0.4, -0.2) is 79.1 Å². The second-order valence-electron chi connectivity index (χ2n) is 11.4. The molecule has 2 bridgehead atoms. The zero-order chi connectivity index (χ0) is 27.9. The molecule has 1 aromatic rings. The summed E-state index contributed by atoms with van der Waals surface area (Å²) in [4.78, 5) is 26.7. The van der Waals surface area contributed by atoms with Crippen LogP contribution in [0, 0.1) is 5.92 Å². The minimum atomic E-state index is -4.14. The van der Waals surface area contributed by atoms with Crippen LogP contribution in [0.3, 0.4) is 0 Å². The van der Waals surface area contributed by atoms with E-state index in [-0.39, 0.29) is 59.5 Å². The summed E-state index contributed by atoms with van der Waals surface area (Å²) < 4.78 is 65.8. The first-order valence-corrected chi connectivity index (χ1v) is 15.6. The molecule has 0 saturated carbocycles. The van der Waals surface area contributed by atoms with Gasteiger partial charge < -0.3 is 15.5 Å². The highest BCUT2D eigenvalue weighted by atomic mass is 35.5. The van der Waals surface area contributed by atoms with E-state index >= 15 is 0 Å². The number of anilines is 1. The first kappa shape index (κ1) is 28.6. The summed E-state index contributed by atoms with van der Waals surface area (Å²) in [6.07, 6.45) is -0.784. The average molecular weight is 591 g/mol. The minimum Gasteiger partial charge on any atom is -0.349 e. The largest absolute Gasteiger partial charge is 0.389 e. The Bertz CT molecular complexity index is 1210. The lowest BCUT2D eigenvalue weighted by atomic mass is 9.98. The molecule has 0 aliphatic carbocycles. The van der Waals surface area contributed by atoms with E-state index in [0.29, 0.717) is 56.6 Å². The van der Waals surface area contributed by atoms with Gasteiger partial charge in [-0.25, -0.2) is 8.42 Å². The van der Waals surface area contributed by atoms with Crippen LogP contribution in [-0.2, 0) is 21.2 Å². The fourth-order valence-electron chi connectivity index (χ4n) is 6.66. The van der Waals surface area contributed by atoms with Gasteiger partial charge in [0, 0.05) is 30.2 Å². The van der Waals surface area contributed by atoms with E-state index in [9.17, 15) is 31.2 Å². The predicted octanol–water partition coefficient (Wildman–Crippen LogP) is 3.94. The number of amides is 2. The van der Waals surface area contributed by atoms with Gasteiger partial charge in [0.2, 0.25) is 15.9 Å². The molecule has 5 rings (SSSR count). The van der Waals surface area contributed by atoms with Crippen molar-refractivity contribution in [3.63, 3.8) is 0 Å². The maximum atomic E-state index is 13.5. The smallest absolute Gasteiger partial charge is 0.349 e. The van der Waals surface area contributed by atoms with Crippen molar-refractivity contribution in [2.75, 3.05) is 30.7 Å². The van der Waals surface area contributed by atoms with Crippen LogP contribution < -0.4 is 10.6 Å². The first-order chi connectivity index (χ1) is 18.4. The molecule has 13 heteroatoms. The summed E-state index contributed by atoms with van der Waals surface area (Å²) in [5.74, 6) is -0.417. The Morgan fingerprint density at radius 3 is 2.41 bits per heavy atom. The van der Waals surface area contributed by atoms with Crippen molar-refractivity contribution in [3.05, 3.63) is 28.3 Å². The molecular formula is C26H34ClF3N4O4S. The average Bonchev–Trinajstić information content (AvgIpc) is 3.34. The Balaban J connectivity index is 1.13. The number of carbonyl (C=O) groups is 2. The molecule has 1 aromatic carbocycles. The first-order valence-electron chi connectivity index (χ1n) is 13.6. The molecule has 8 nitrogen and oxygen atoms in total. The molecule has 0 aromatic heterocycles. The molecule has 2 unspecified atom stereocenters. The summed E-state index contributed by atoms with van der Waals surface area (Å²) in [5.41, 5.74) is 1.65. The quantitative estimate of drug-likeness (QED) is 0.478. The van der Waals surface area contributed by atoms with Crippen LogP contribution >= 0.6 is 11.6 Å². The number of likely N-dealkylation sites (tertiary alicyclic amines) is 1. The molecule has 3 fully saturated rings. The van der Waals surface area contributed by atoms with Crippen molar-refractivity contribution in [1.29, 1.82) is 0 Å². The van der Waals surface area contributed by atoms with E-state index in [2.05, 4.69) is 10.6 Å². The van der Waals surface area contributed by atoms with Crippen LogP contribution in [0.2, 0.25) is 5.02 Å². The van der Waals surface area contributed by atoms with Crippen molar-refractivity contribution in [2.24, 2.45) is 5.92 Å². The number of nitrogens with one attached hydrogen (secondary N) is 2. The summed E-state index contributed by atoms with van der Waals surface area (Å²) >= 11 is 6.32. The van der Waals surface area contributed by atoms with Crippen molar-refractivity contribution in [3.8, 4) is 0 Å². The number of fused-ring (bicyclic) bond motifs is 3. The number of hydrogen-bond acceptors (Lipinski definition) is 5. The zero-order valence-corrected chi connectivity index (χ0v) is 23.2. The lowest BCUT2D eigenvalue weighted by Gasteiger charge is -2.39. The van der Waals surface area contributed by atoms with E-state index in [1.54, 1.807) is 16.4 Å². The Morgan fingerprint density at radius 2 is 1.77 bits per heavy atom. The number of piperidine rings is 2. The Morgan fingerprint density at radius 1 is 1.10 bits per heavy atom. The van der Waals surface area contributed by atoms with Crippen molar-refractivity contribution in [2.45, 2.75) is 82.1 Å². The third kappa shape index (κ3) is 6.71. The number of halogens is 4. The molecule has 0 radical (unpaired) electrons. The highest BCUT2D eigenvalue weighted by molar-refractivity contribution is 7.89. The maximum Gasteiger partial charge on any atom is 0.389 e. The molecule has 4 aliphatic rings. The maximum absolute atomic E-state index is 13.5. The van der Waals surface area contributed by atoms with Gasteiger partial charge in [0.15, 0.2) is 0 Å². The van der Waals surface area contributed by atoms with E-state index in [1.807, 2.05) is 4.90 Å². The number of alkyl halides is 3. The van der Waals surface area contributed by atoms with Gasteiger partial charge in [-0.1, -0.05) is 11.6 Å². The summed E-state index contributed by atoms with van der Waals surface area (Å²) in [6, 6.07) is 2.71. The van der Waals surface area contributed by atoms with Gasteiger partial charge in [0.25, 0.3) is 5.91 Å². The molecule has 4 aliphatic heterocycles. The number of hydrogen-bond donors (Lipinski definition) is 2. The minimum absolute atomic E-state index is 0.00554. The predicted molar refractivity (Wildman–Crippen MR) is 141 cm³/mol. The highest BCUT2D eigenvalue weighted by Crippen LogP contribution is 2.39. The number of nitrogens with zero attached hydrogens (tertiary/aromatic N) is 2. The Hall–Kier alpha value is -1.89. The molecule has 2 atom stereocenters. The third-order valence-corrected chi connectivity index (χ3v) is 10.9. The lowest BCUT2D eigenvalue weighted by molar-refractivity contribution is -0.136. The number of rotatable bonds is 8. The van der Waals surface area contributed by atoms with Gasteiger partial charge in [-0.3, -0.25) is 9.59 Å². The van der Waals surface area contributed by atoms with Crippen molar-refractivity contribution in [1.82, 2.24) is 14.5 Å². The van der Waals surface area contributed by atoms with Gasteiger partial charge in [-0.05, 0) is 88.2 Å². The van der Waals surface area contributed by atoms with Gasteiger partial charge in [0.05, 0.1) is 22.8 Å². The summed E-state index contributed by atoms with van der Waals surface area (Å²) in [7, 11) is -3.50. The second kappa shape index (κ2) is 11.2. The highest BCUT2D eigenvalue weighted by Gasteiger charge is 2.47. The molecular weight excluding hydrogens is 557 g/mol. The van der Waals surface area contributed by atoms with E-state index in [0.717, 1.165) is 18.4 Å². The van der Waals surface area contributed by atoms with E-state index < -0.39 is 22.6 Å². The fraction of sp³-hybridized carbons (Fsp3) is 0.692. The molecule has 39 heavy (non-hydrogen) atoms. The zero-order valence-electron chi connectivity index (χ0n) is 21.6. The lowest BCUT2D eigenvalue weighted by Crippen LogP contribution is -2.53. The van der Waals surface area contributed by atoms with Gasteiger partial charge >= 0.3 is 6.18 Å². The molecule has 216 valence electrons. The SMILES string of the molecule is O=C1Cc2cc(C(=O)NC3CC4CCC(C3)N4S(=O)(=O)CC3CCN(CCCC(F)(F)F)CC3)c(Cl)cc2N1. The van der Waals surface area contributed by atoms with Gasteiger partial charge in [0.1, 0.15) is 0 Å². The summed E-state index contributed by atoms with van der Waals surface area (Å²) in [6.45, 7) is 1.62. The standard InChI is InChI=1S/C26H34ClF3N4O4S/c27-22-14-23-17(11-24(35)32-23)10-21(22)25(36)31-18-12-19-2-3-20(13-18)34(19)39(37,38)15-16-4-8-33(9-5-16)7-1-6-26(28,29)30/h10,14,16,18-20H,1-9,11-13,15H2,(H,31,36)(H,32,35). The van der Waals surface area contributed by atoms with Crippen molar-refractivity contribution < 1.29 is 31.2 Å². The number of benzene rings is 1. The Labute approximate surface area is 231 Å². The number of sulfonamides is 1. The third-order valence-electron chi connectivity index (χ3n) is 8.47. The van der Waals surface area contributed by atoms with Crippen LogP contribution in [0.25, 0.3) is 0 Å². The van der Waals surface area contributed by atoms with Gasteiger partial charge in [-0.15, -0.1) is 0 Å². The van der Waals surface area contributed by atoms with Gasteiger partial charge in [-0.2, -0.15) is 17.5 Å². The van der Waals surface area contributed by atoms with Crippen LogP contribution in [0.4, 0.5) is 18.9 Å². The molecule has 2 amide bonds.